The molecule has 0 radical (unpaired) electrons. The third-order valence-electron chi connectivity index (χ3n) is 3.27. The maximum absolute atomic E-state index is 10.9. The first-order valence-electron chi connectivity index (χ1n) is 6.00. The molecular weight excluding hydrogens is 230 g/mol. The van der Waals surface area contributed by atoms with Gasteiger partial charge in [0.1, 0.15) is 5.75 Å². The number of carboxylic acid groups (broad SMARTS) is 1. The molecule has 0 saturated carbocycles. The molecule has 4 nitrogen and oxygen atoms in total. The molecule has 0 spiro atoms. The highest BCUT2D eigenvalue weighted by Crippen LogP contribution is 2.30. The number of aryl methyl sites for hydroxylation is 2. The predicted octanol–water partition coefficient (Wildman–Crippen LogP) is 2.42. The molecule has 4 heteroatoms. The van der Waals surface area contributed by atoms with Crippen molar-refractivity contribution in [2.24, 2.45) is 11.7 Å². The maximum atomic E-state index is 10.9. The fraction of sp³-hybridized carbons (Fsp3) is 0.500. The average molecular weight is 251 g/mol. The van der Waals surface area contributed by atoms with E-state index in [0.29, 0.717) is 6.42 Å². The summed E-state index contributed by atoms with van der Waals surface area (Å²) in [6.45, 7) is 5.67. The number of hydrogen-bond donors (Lipinski definition) is 2. The molecule has 0 aliphatic rings. The van der Waals surface area contributed by atoms with Crippen molar-refractivity contribution in [1.29, 1.82) is 0 Å². The maximum Gasteiger partial charge on any atom is 0.306 e. The number of rotatable bonds is 5. The molecule has 1 aromatic carbocycles. The molecular formula is C14H21NO3. The zero-order valence-corrected chi connectivity index (χ0v) is 11.4. The van der Waals surface area contributed by atoms with E-state index in [1.165, 1.54) is 0 Å². The molecule has 100 valence electrons. The molecule has 0 aliphatic heterocycles. The number of benzene rings is 1. The smallest absolute Gasteiger partial charge is 0.306 e. The van der Waals surface area contributed by atoms with E-state index in [0.717, 1.165) is 22.4 Å². The Bertz CT molecular complexity index is 443. The topological polar surface area (TPSA) is 72.5 Å². The average Bonchev–Trinajstić information content (AvgIpc) is 2.31. The van der Waals surface area contributed by atoms with Crippen LogP contribution in [0.1, 0.15) is 36.1 Å². The lowest BCUT2D eigenvalue weighted by Gasteiger charge is -2.19. The number of hydrogen-bond acceptors (Lipinski definition) is 3. The van der Waals surface area contributed by atoms with Crippen molar-refractivity contribution >= 4 is 5.97 Å². The van der Waals surface area contributed by atoms with Gasteiger partial charge >= 0.3 is 5.97 Å². The fourth-order valence-electron chi connectivity index (χ4n) is 1.89. The zero-order valence-electron chi connectivity index (χ0n) is 11.4. The van der Waals surface area contributed by atoms with Crippen molar-refractivity contribution in [2.45, 2.75) is 33.2 Å². The van der Waals surface area contributed by atoms with Crippen molar-refractivity contribution in [3.05, 3.63) is 28.8 Å². The molecule has 2 unspecified atom stereocenters. The van der Waals surface area contributed by atoms with E-state index in [-0.39, 0.29) is 6.04 Å². The minimum Gasteiger partial charge on any atom is -0.496 e. The number of methoxy groups -OCH3 is 1. The molecule has 0 fully saturated rings. The highest BCUT2D eigenvalue weighted by atomic mass is 16.5. The molecule has 0 amide bonds. The van der Waals surface area contributed by atoms with E-state index in [2.05, 4.69) is 0 Å². The number of carboxylic acids is 1. The Balaban J connectivity index is 3.01. The van der Waals surface area contributed by atoms with Gasteiger partial charge in [-0.05, 0) is 37.5 Å². The van der Waals surface area contributed by atoms with Gasteiger partial charge in [-0.15, -0.1) is 0 Å². The molecule has 0 aromatic heterocycles. The minimum absolute atomic E-state index is 0.328. The van der Waals surface area contributed by atoms with E-state index >= 15 is 0 Å². The van der Waals surface area contributed by atoms with E-state index < -0.39 is 11.9 Å². The van der Waals surface area contributed by atoms with E-state index in [4.69, 9.17) is 15.6 Å². The van der Waals surface area contributed by atoms with Gasteiger partial charge in [0.25, 0.3) is 0 Å². The summed E-state index contributed by atoms with van der Waals surface area (Å²) in [6, 6.07) is 3.59. The number of carbonyl (C=O) groups is 1. The Hall–Kier alpha value is -1.55. The number of ether oxygens (including phenoxy) is 1. The van der Waals surface area contributed by atoms with Gasteiger partial charge in [-0.25, -0.2) is 0 Å². The van der Waals surface area contributed by atoms with Crippen LogP contribution in [0.2, 0.25) is 0 Å². The van der Waals surface area contributed by atoms with Crippen LogP contribution in [-0.4, -0.2) is 18.2 Å². The molecule has 3 N–H and O–H groups in total. The van der Waals surface area contributed by atoms with E-state index in [1.54, 1.807) is 14.0 Å². The third kappa shape index (κ3) is 3.23. The van der Waals surface area contributed by atoms with Gasteiger partial charge in [-0.3, -0.25) is 4.79 Å². The van der Waals surface area contributed by atoms with Crippen LogP contribution in [0.5, 0.6) is 5.75 Å². The summed E-state index contributed by atoms with van der Waals surface area (Å²) in [5.74, 6) is -0.567. The quantitative estimate of drug-likeness (QED) is 0.843. The Morgan fingerprint density at radius 2 is 1.94 bits per heavy atom. The van der Waals surface area contributed by atoms with Crippen LogP contribution in [0.15, 0.2) is 12.1 Å². The van der Waals surface area contributed by atoms with Gasteiger partial charge in [0.05, 0.1) is 13.0 Å². The van der Waals surface area contributed by atoms with Crippen molar-refractivity contribution in [3.63, 3.8) is 0 Å². The summed E-state index contributed by atoms with van der Waals surface area (Å²) >= 11 is 0. The number of nitrogens with two attached hydrogens (primary N) is 1. The van der Waals surface area contributed by atoms with Crippen molar-refractivity contribution in [3.8, 4) is 5.75 Å². The fourth-order valence-corrected chi connectivity index (χ4v) is 1.89. The Kier molecular flexibility index (Phi) is 4.73. The molecule has 2 atom stereocenters. The lowest BCUT2D eigenvalue weighted by molar-refractivity contribution is -0.141. The summed E-state index contributed by atoms with van der Waals surface area (Å²) < 4.78 is 5.32. The van der Waals surface area contributed by atoms with Gasteiger partial charge < -0.3 is 15.6 Å². The summed E-state index contributed by atoms with van der Waals surface area (Å²) in [4.78, 5) is 10.9. The van der Waals surface area contributed by atoms with Gasteiger partial charge in [0.15, 0.2) is 0 Å². The highest BCUT2D eigenvalue weighted by molar-refractivity contribution is 5.69. The Morgan fingerprint density at radius 1 is 1.39 bits per heavy atom. The van der Waals surface area contributed by atoms with Crippen LogP contribution in [0.25, 0.3) is 0 Å². The molecule has 0 aliphatic carbocycles. The predicted molar refractivity (Wildman–Crippen MR) is 70.8 cm³/mol. The summed E-state index contributed by atoms with van der Waals surface area (Å²) in [5.41, 5.74) is 9.22. The molecule has 0 heterocycles. The normalized spacial score (nSPS) is 14.1. The molecule has 1 aromatic rings. The monoisotopic (exact) mass is 251 g/mol. The minimum atomic E-state index is -0.826. The molecule has 0 bridgehead atoms. The first kappa shape index (κ1) is 14.5. The van der Waals surface area contributed by atoms with Crippen molar-refractivity contribution < 1.29 is 14.6 Å². The molecule has 0 saturated heterocycles. The number of aliphatic carboxylic acids is 1. The first-order valence-corrected chi connectivity index (χ1v) is 6.00. The highest BCUT2D eigenvalue weighted by Gasteiger charge is 2.19. The largest absolute Gasteiger partial charge is 0.496 e. The summed E-state index contributed by atoms with van der Waals surface area (Å²) in [7, 11) is 1.60. The van der Waals surface area contributed by atoms with Crippen molar-refractivity contribution in [1.82, 2.24) is 0 Å². The zero-order chi connectivity index (χ0) is 13.9. The van der Waals surface area contributed by atoms with Gasteiger partial charge in [-0.2, -0.15) is 0 Å². The molecule has 18 heavy (non-hydrogen) atoms. The lowest BCUT2D eigenvalue weighted by atomic mass is 9.93. The van der Waals surface area contributed by atoms with E-state index in [9.17, 15) is 4.79 Å². The van der Waals surface area contributed by atoms with Crippen LogP contribution in [0.3, 0.4) is 0 Å². The Morgan fingerprint density at radius 3 is 2.44 bits per heavy atom. The van der Waals surface area contributed by atoms with Gasteiger partial charge in [-0.1, -0.05) is 13.0 Å². The van der Waals surface area contributed by atoms with Crippen LogP contribution in [-0.2, 0) is 4.79 Å². The van der Waals surface area contributed by atoms with Crippen LogP contribution < -0.4 is 10.5 Å². The second-order valence-corrected chi connectivity index (χ2v) is 4.76. The third-order valence-corrected chi connectivity index (χ3v) is 3.27. The van der Waals surface area contributed by atoms with Crippen molar-refractivity contribution in [2.75, 3.05) is 7.11 Å². The first-order chi connectivity index (χ1) is 8.36. The lowest BCUT2D eigenvalue weighted by Crippen LogP contribution is -2.20. The Labute approximate surface area is 108 Å². The van der Waals surface area contributed by atoms with Crippen LogP contribution in [0, 0.1) is 19.8 Å². The second kappa shape index (κ2) is 5.87. The van der Waals surface area contributed by atoms with Crippen LogP contribution in [0.4, 0.5) is 0 Å². The van der Waals surface area contributed by atoms with Gasteiger partial charge in [0, 0.05) is 11.6 Å². The van der Waals surface area contributed by atoms with Crippen LogP contribution >= 0.6 is 0 Å². The second-order valence-electron chi connectivity index (χ2n) is 4.76. The van der Waals surface area contributed by atoms with E-state index in [1.807, 2.05) is 26.0 Å². The molecule has 1 rings (SSSR count). The SMILES string of the molecule is COc1cc(C)c(C)cc1C(N)CC(C)C(=O)O. The van der Waals surface area contributed by atoms with Gasteiger partial charge in [0.2, 0.25) is 0 Å². The standard InChI is InChI=1S/C14H21NO3/c1-8-5-11(13(18-4)7-9(8)2)12(15)6-10(3)14(16)17/h5,7,10,12H,6,15H2,1-4H3,(H,16,17). The summed E-state index contributed by atoms with van der Waals surface area (Å²) in [5, 5.41) is 8.92. The summed E-state index contributed by atoms with van der Waals surface area (Å²) in [6.07, 6.45) is 0.397.